The molecular weight excluding hydrogens is 492 g/mol. The van der Waals surface area contributed by atoms with Crippen molar-refractivity contribution in [1.29, 1.82) is 0 Å². The molecule has 38 heavy (non-hydrogen) atoms. The number of carbonyl (C=O) groups is 4. The third-order valence-electron chi connectivity index (χ3n) is 6.73. The van der Waals surface area contributed by atoms with Gasteiger partial charge in [0.05, 0.1) is 19.3 Å². The zero-order valence-electron chi connectivity index (χ0n) is 21.4. The van der Waals surface area contributed by atoms with Gasteiger partial charge in [-0.25, -0.2) is 0 Å². The molecule has 13 heteroatoms. The van der Waals surface area contributed by atoms with Crippen LogP contribution in [0.1, 0.15) is 52.1 Å². The molecule has 11 nitrogen and oxygen atoms in total. The lowest BCUT2D eigenvalue weighted by Gasteiger charge is -2.29. The van der Waals surface area contributed by atoms with Crippen molar-refractivity contribution < 1.29 is 38.5 Å². The topological polar surface area (TPSA) is 154 Å². The molecule has 2 aliphatic rings. The Bertz CT molecular complexity index is 1270. The average molecular weight is 521 g/mol. The largest absolute Gasteiger partial charge is 0.491 e. The van der Waals surface area contributed by atoms with Gasteiger partial charge in [0.2, 0.25) is 5.91 Å². The van der Waals surface area contributed by atoms with Crippen LogP contribution >= 0.6 is 0 Å². The molecule has 2 aromatic rings. The Kier molecular flexibility index (Phi) is 8.32. The number of benzene rings is 2. The normalized spacial score (nSPS) is 15.4. The molecule has 2 heterocycles. The summed E-state index contributed by atoms with van der Waals surface area (Å²) in [5.41, 5.74) is 2.98. The van der Waals surface area contributed by atoms with Crippen molar-refractivity contribution in [3.8, 4) is 0 Å². The summed E-state index contributed by atoms with van der Waals surface area (Å²) in [5.74, 6) is -1.66. The number of fused-ring (bicyclic) bond motifs is 2. The predicted octanol–water partition coefficient (Wildman–Crippen LogP) is -1.52. The first-order valence-electron chi connectivity index (χ1n) is 12.3. The first-order valence-corrected chi connectivity index (χ1v) is 12.3. The highest BCUT2D eigenvalue weighted by Gasteiger charge is 2.33. The van der Waals surface area contributed by atoms with Crippen LogP contribution in [0.25, 0.3) is 0 Å². The Morgan fingerprint density at radius 3 is 1.92 bits per heavy atom. The number of carbonyl (C=O) groups excluding carboxylic acids is 4. The Hall–Kier alpha value is -3.51. The number of amides is 3. The second kappa shape index (κ2) is 11.5. The maximum atomic E-state index is 13.4. The summed E-state index contributed by atoms with van der Waals surface area (Å²) in [6, 6.07) is 7.54. The predicted molar refractivity (Wildman–Crippen MR) is 139 cm³/mol. The van der Waals surface area contributed by atoms with Crippen LogP contribution in [-0.4, -0.2) is 78.4 Å². The quantitative estimate of drug-likeness (QED) is 0.290. The molecule has 2 aliphatic heterocycles. The fourth-order valence-corrected chi connectivity index (χ4v) is 4.38. The van der Waals surface area contributed by atoms with Gasteiger partial charge in [-0.05, 0) is 60.2 Å². The van der Waals surface area contributed by atoms with E-state index in [0.717, 1.165) is 11.1 Å². The fourth-order valence-electron chi connectivity index (χ4n) is 4.38. The molecule has 0 aromatic heterocycles. The summed E-state index contributed by atoms with van der Waals surface area (Å²) in [4.78, 5) is 52.3. The summed E-state index contributed by atoms with van der Waals surface area (Å²) in [6.07, 6.45) is 0.145. The molecule has 0 saturated carbocycles. The van der Waals surface area contributed by atoms with Crippen LogP contribution in [0.2, 0.25) is 0 Å². The zero-order chi connectivity index (χ0) is 27.6. The van der Waals surface area contributed by atoms with Gasteiger partial charge in [-0.3, -0.25) is 19.2 Å². The number of hydrogen-bond acceptors (Lipinski definition) is 8. The average Bonchev–Trinajstić information content (AvgIpc) is 3.46. The lowest BCUT2D eigenvalue weighted by Crippen LogP contribution is -2.58. The van der Waals surface area contributed by atoms with Gasteiger partial charge in [0.15, 0.2) is 0 Å². The molecule has 0 unspecified atom stereocenters. The van der Waals surface area contributed by atoms with Gasteiger partial charge >= 0.3 is 14.2 Å². The first kappa shape index (κ1) is 27.5. The monoisotopic (exact) mass is 521 g/mol. The van der Waals surface area contributed by atoms with Crippen molar-refractivity contribution >= 4 is 48.7 Å². The van der Waals surface area contributed by atoms with E-state index in [4.69, 9.17) is 9.31 Å². The number of Topliss-reactive ketones (excluding diaryl/α,β-unsaturated/α-hetero) is 1. The van der Waals surface area contributed by atoms with Crippen LogP contribution in [0.5, 0.6) is 0 Å². The summed E-state index contributed by atoms with van der Waals surface area (Å²) in [7, 11) is -0.735. The summed E-state index contributed by atoms with van der Waals surface area (Å²) >= 11 is 0. The third-order valence-corrected chi connectivity index (χ3v) is 6.73. The molecule has 0 bridgehead atoms. The second-order valence-electron chi connectivity index (χ2n) is 9.58. The maximum absolute atomic E-state index is 13.4. The van der Waals surface area contributed by atoms with Crippen LogP contribution in [0, 0.1) is 0 Å². The van der Waals surface area contributed by atoms with E-state index in [1.165, 1.54) is 31.0 Å². The van der Waals surface area contributed by atoms with Crippen molar-refractivity contribution in [2.24, 2.45) is 0 Å². The van der Waals surface area contributed by atoms with Gasteiger partial charge in [0, 0.05) is 31.1 Å². The molecule has 0 aliphatic carbocycles. The molecule has 0 spiro atoms. The van der Waals surface area contributed by atoms with Crippen LogP contribution in [0.15, 0.2) is 36.4 Å². The molecule has 2 atom stereocenters. The smallest absolute Gasteiger partial charge is 0.423 e. The molecular formula is C25H29B2N3O8. The van der Waals surface area contributed by atoms with Gasteiger partial charge in [0.25, 0.3) is 11.8 Å². The standard InChI is InChI=1S/C25H29B2N3O8/c1-14(31)8-9-30(3)25(34)22(29-24(33)17-5-7-19-13-38-27(36)21(19)11-17)15(2)28-23(32)16-4-6-18-12-37-26(35)20(18)10-16/h4-7,10-11,15,22,35-36H,8-9,12-13H2,1-3H3,(H,28,32)(H,29,33)/t15-,22-/m0/s1. The van der Waals surface area contributed by atoms with Gasteiger partial charge < -0.3 is 34.9 Å². The molecule has 2 aromatic carbocycles. The van der Waals surface area contributed by atoms with E-state index in [-0.39, 0.29) is 43.1 Å². The van der Waals surface area contributed by atoms with E-state index in [2.05, 4.69) is 10.6 Å². The van der Waals surface area contributed by atoms with Crippen LogP contribution in [0.3, 0.4) is 0 Å². The van der Waals surface area contributed by atoms with E-state index >= 15 is 0 Å². The number of nitrogens with zero attached hydrogens (tertiary/aromatic N) is 1. The summed E-state index contributed by atoms with van der Waals surface area (Å²) in [5, 5.41) is 25.4. The highest BCUT2D eigenvalue weighted by atomic mass is 16.5. The minimum absolute atomic E-state index is 0.0896. The highest BCUT2D eigenvalue weighted by Crippen LogP contribution is 2.14. The van der Waals surface area contributed by atoms with E-state index in [1.807, 2.05) is 0 Å². The number of hydrogen-bond donors (Lipinski definition) is 4. The van der Waals surface area contributed by atoms with E-state index in [0.29, 0.717) is 10.9 Å². The van der Waals surface area contributed by atoms with E-state index in [1.54, 1.807) is 31.2 Å². The van der Waals surface area contributed by atoms with E-state index < -0.39 is 44.0 Å². The highest BCUT2D eigenvalue weighted by molar-refractivity contribution is 6.62. The van der Waals surface area contributed by atoms with Crippen molar-refractivity contribution in [3.63, 3.8) is 0 Å². The molecule has 0 saturated heterocycles. The molecule has 4 rings (SSSR count). The van der Waals surface area contributed by atoms with Crippen molar-refractivity contribution in [1.82, 2.24) is 15.5 Å². The van der Waals surface area contributed by atoms with Gasteiger partial charge in [0.1, 0.15) is 11.8 Å². The Morgan fingerprint density at radius 1 is 0.921 bits per heavy atom. The van der Waals surface area contributed by atoms with Crippen molar-refractivity contribution in [3.05, 3.63) is 58.7 Å². The molecule has 0 fully saturated rings. The Balaban J connectivity index is 1.53. The molecule has 0 radical (unpaired) electrons. The lowest BCUT2D eigenvalue weighted by molar-refractivity contribution is -0.132. The number of likely N-dealkylation sites (N-methyl/N-ethyl adjacent to an activating group) is 1. The fraction of sp³-hybridized carbons (Fsp3) is 0.360. The van der Waals surface area contributed by atoms with Crippen molar-refractivity contribution in [2.45, 2.75) is 45.6 Å². The Morgan fingerprint density at radius 2 is 1.42 bits per heavy atom. The maximum Gasteiger partial charge on any atom is 0.491 e. The van der Waals surface area contributed by atoms with Gasteiger partial charge in [-0.2, -0.15) is 0 Å². The second-order valence-corrected chi connectivity index (χ2v) is 9.58. The zero-order valence-corrected chi connectivity index (χ0v) is 21.4. The number of nitrogens with one attached hydrogen (secondary N) is 2. The first-order chi connectivity index (χ1) is 18.0. The summed E-state index contributed by atoms with van der Waals surface area (Å²) < 4.78 is 10.4. The minimum atomic E-state index is -1.17. The van der Waals surface area contributed by atoms with Crippen molar-refractivity contribution in [2.75, 3.05) is 13.6 Å². The number of ketones is 1. The van der Waals surface area contributed by atoms with Crippen LogP contribution < -0.4 is 21.6 Å². The lowest BCUT2D eigenvalue weighted by atomic mass is 9.78. The summed E-state index contributed by atoms with van der Waals surface area (Å²) in [6.45, 7) is 3.63. The van der Waals surface area contributed by atoms with Crippen LogP contribution in [-0.2, 0) is 32.1 Å². The Labute approximate surface area is 220 Å². The van der Waals surface area contributed by atoms with E-state index in [9.17, 15) is 29.2 Å². The number of rotatable bonds is 9. The molecule has 198 valence electrons. The van der Waals surface area contributed by atoms with Crippen LogP contribution in [0.4, 0.5) is 0 Å². The molecule has 3 amide bonds. The SMILES string of the molecule is CC(=O)CCN(C)C(=O)[C@@H](NC(=O)c1ccc2c(c1)B(O)OC2)[C@H](C)NC(=O)c1ccc2c(c1)B(O)OC2. The van der Waals surface area contributed by atoms with Gasteiger partial charge in [-0.1, -0.05) is 12.1 Å². The van der Waals surface area contributed by atoms with Gasteiger partial charge in [-0.15, -0.1) is 0 Å². The minimum Gasteiger partial charge on any atom is -0.423 e. The third kappa shape index (κ3) is 5.97. The molecule has 4 N–H and O–H groups in total.